The van der Waals surface area contributed by atoms with Gasteiger partial charge in [0.1, 0.15) is 5.75 Å². The third-order valence-corrected chi connectivity index (χ3v) is 2.98. The van der Waals surface area contributed by atoms with Crippen molar-refractivity contribution in [1.82, 2.24) is 5.48 Å². The molecule has 0 spiro atoms. The van der Waals surface area contributed by atoms with Gasteiger partial charge in [0.25, 0.3) is 0 Å². The van der Waals surface area contributed by atoms with Crippen LogP contribution in [0.15, 0.2) is 16.6 Å². The zero-order chi connectivity index (χ0) is 11.4. The Labute approximate surface area is 98.5 Å². The second-order valence-electron chi connectivity index (χ2n) is 3.68. The number of hydroxylamine groups is 1. The first-order valence-corrected chi connectivity index (χ1v) is 5.62. The maximum Gasteiger partial charge on any atom is 0.123 e. The molecule has 3 nitrogen and oxygen atoms in total. The average molecular weight is 274 g/mol. The van der Waals surface area contributed by atoms with Crippen LogP contribution in [0.3, 0.4) is 0 Å². The smallest absolute Gasteiger partial charge is 0.123 e. The highest BCUT2D eigenvalue weighted by molar-refractivity contribution is 9.10. The molecular formula is C11H16BrNO2. The summed E-state index contributed by atoms with van der Waals surface area (Å²) in [6.07, 6.45) is 0. The molecule has 0 saturated heterocycles. The number of benzene rings is 1. The lowest BCUT2D eigenvalue weighted by Gasteiger charge is -2.14. The number of nitrogens with one attached hydrogen (secondary N) is 1. The molecule has 0 heterocycles. The lowest BCUT2D eigenvalue weighted by atomic mass is 10.0. The molecule has 1 rings (SSSR count). The lowest BCUT2D eigenvalue weighted by Crippen LogP contribution is -2.08. The Balaban J connectivity index is 3.16. The number of hydrogen-bond donors (Lipinski definition) is 2. The summed E-state index contributed by atoms with van der Waals surface area (Å²) in [5, 5.41) is 8.69. The van der Waals surface area contributed by atoms with E-state index < -0.39 is 0 Å². The van der Waals surface area contributed by atoms with Gasteiger partial charge in [-0.15, -0.1) is 0 Å². The lowest BCUT2D eigenvalue weighted by molar-refractivity contribution is 0.160. The van der Waals surface area contributed by atoms with E-state index in [0.717, 1.165) is 15.8 Å². The molecule has 0 bridgehead atoms. The minimum Gasteiger partial charge on any atom is -0.496 e. The quantitative estimate of drug-likeness (QED) is 0.829. The summed E-state index contributed by atoms with van der Waals surface area (Å²) in [5.74, 6) is 1.23. The minimum absolute atomic E-state index is 0.375. The van der Waals surface area contributed by atoms with Crippen molar-refractivity contribution in [3.05, 3.63) is 27.7 Å². The van der Waals surface area contributed by atoms with Crippen molar-refractivity contribution in [2.24, 2.45) is 0 Å². The molecule has 0 amide bonds. The molecule has 15 heavy (non-hydrogen) atoms. The molecule has 0 aromatic heterocycles. The van der Waals surface area contributed by atoms with Crippen molar-refractivity contribution < 1.29 is 9.94 Å². The number of ether oxygens (including phenoxy) is 1. The summed E-state index contributed by atoms with van der Waals surface area (Å²) in [5.41, 5.74) is 4.26. The molecular weight excluding hydrogens is 258 g/mol. The number of hydrogen-bond acceptors (Lipinski definition) is 3. The van der Waals surface area contributed by atoms with E-state index in [1.807, 2.05) is 12.1 Å². The zero-order valence-corrected chi connectivity index (χ0v) is 10.8. The third-order valence-electron chi connectivity index (χ3n) is 2.29. The van der Waals surface area contributed by atoms with Crippen LogP contribution in [0.1, 0.15) is 30.9 Å². The number of methoxy groups -OCH3 is 1. The van der Waals surface area contributed by atoms with Crippen molar-refractivity contribution >= 4 is 15.9 Å². The minimum atomic E-state index is 0.375. The van der Waals surface area contributed by atoms with Gasteiger partial charge >= 0.3 is 0 Å². The van der Waals surface area contributed by atoms with E-state index in [1.54, 1.807) is 7.11 Å². The van der Waals surface area contributed by atoms with Crippen LogP contribution in [0.25, 0.3) is 0 Å². The fourth-order valence-corrected chi connectivity index (χ4v) is 2.31. The summed E-state index contributed by atoms with van der Waals surface area (Å²) in [7, 11) is 1.63. The Bertz CT molecular complexity index is 340. The molecule has 0 unspecified atom stereocenters. The van der Waals surface area contributed by atoms with Crippen LogP contribution in [0.5, 0.6) is 5.75 Å². The standard InChI is InChI=1S/C11H16BrNO2/c1-7(2)9-5-11(15-3)8(6-13-14)4-10(9)12/h4-5,7,13-14H,6H2,1-3H3. The second-order valence-corrected chi connectivity index (χ2v) is 4.53. The van der Waals surface area contributed by atoms with E-state index in [4.69, 9.17) is 9.94 Å². The molecule has 0 aliphatic carbocycles. The maximum atomic E-state index is 8.69. The van der Waals surface area contributed by atoms with Gasteiger partial charge in [0.15, 0.2) is 0 Å². The predicted molar refractivity (Wildman–Crippen MR) is 63.4 cm³/mol. The predicted octanol–water partition coefficient (Wildman–Crippen LogP) is 3.06. The first-order chi connectivity index (χ1) is 7.10. The SMILES string of the molecule is COc1cc(C(C)C)c(Br)cc1CNO. The van der Waals surface area contributed by atoms with E-state index in [2.05, 4.69) is 35.3 Å². The molecule has 0 fully saturated rings. The molecule has 4 heteroatoms. The zero-order valence-electron chi connectivity index (χ0n) is 9.17. The van der Waals surface area contributed by atoms with Gasteiger partial charge in [0.05, 0.1) is 7.11 Å². The molecule has 84 valence electrons. The topological polar surface area (TPSA) is 41.5 Å². The van der Waals surface area contributed by atoms with Gasteiger partial charge < -0.3 is 9.94 Å². The first-order valence-electron chi connectivity index (χ1n) is 4.83. The molecule has 2 N–H and O–H groups in total. The van der Waals surface area contributed by atoms with Gasteiger partial charge in [-0.05, 0) is 23.6 Å². The Kier molecular flexibility index (Phi) is 4.57. The first kappa shape index (κ1) is 12.5. The van der Waals surface area contributed by atoms with Crippen LogP contribution in [-0.2, 0) is 6.54 Å². The highest BCUT2D eigenvalue weighted by Crippen LogP contribution is 2.31. The van der Waals surface area contributed by atoms with Gasteiger partial charge in [-0.25, -0.2) is 5.48 Å². The van der Waals surface area contributed by atoms with E-state index in [-0.39, 0.29) is 0 Å². The maximum absolute atomic E-state index is 8.69. The van der Waals surface area contributed by atoms with Crippen molar-refractivity contribution in [3.8, 4) is 5.75 Å². The molecule has 0 radical (unpaired) electrons. The van der Waals surface area contributed by atoms with Crippen LogP contribution in [0.2, 0.25) is 0 Å². The van der Waals surface area contributed by atoms with Crippen molar-refractivity contribution in [3.63, 3.8) is 0 Å². The Morgan fingerprint density at radius 3 is 2.60 bits per heavy atom. The van der Waals surface area contributed by atoms with E-state index in [1.165, 1.54) is 5.56 Å². The molecule has 0 aliphatic rings. The van der Waals surface area contributed by atoms with Gasteiger partial charge in [0.2, 0.25) is 0 Å². The van der Waals surface area contributed by atoms with Crippen LogP contribution in [0.4, 0.5) is 0 Å². The van der Waals surface area contributed by atoms with Crippen LogP contribution in [-0.4, -0.2) is 12.3 Å². The van der Waals surface area contributed by atoms with E-state index in [0.29, 0.717) is 12.5 Å². The van der Waals surface area contributed by atoms with E-state index in [9.17, 15) is 0 Å². The molecule has 0 atom stereocenters. The Hall–Kier alpha value is -0.580. The molecule has 1 aromatic rings. The van der Waals surface area contributed by atoms with Crippen molar-refractivity contribution in [2.45, 2.75) is 26.3 Å². The Morgan fingerprint density at radius 1 is 1.47 bits per heavy atom. The second kappa shape index (κ2) is 5.49. The fourth-order valence-electron chi connectivity index (χ4n) is 1.47. The fraction of sp³-hybridized carbons (Fsp3) is 0.455. The largest absolute Gasteiger partial charge is 0.496 e. The van der Waals surface area contributed by atoms with Crippen LogP contribution >= 0.6 is 15.9 Å². The highest BCUT2D eigenvalue weighted by Gasteiger charge is 2.10. The molecule has 0 aliphatic heterocycles. The molecule has 0 saturated carbocycles. The summed E-state index contributed by atoms with van der Waals surface area (Å²) in [4.78, 5) is 0. The van der Waals surface area contributed by atoms with Crippen molar-refractivity contribution in [2.75, 3.05) is 7.11 Å². The average Bonchev–Trinajstić information content (AvgIpc) is 2.18. The number of halogens is 1. The van der Waals surface area contributed by atoms with Crippen LogP contribution < -0.4 is 10.2 Å². The van der Waals surface area contributed by atoms with Gasteiger partial charge in [-0.1, -0.05) is 29.8 Å². The monoisotopic (exact) mass is 273 g/mol. The summed E-state index contributed by atoms with van der Waals surface area (Å²) < 4.78 is 6.32. The van der Waals surface area contributed by atoms with E-state index >= 15 is 0 Å². The van der Waals surface area contributed by atoms with Crippen molar-refractivity contribution in [1.29, 1.82) is 0 Å². The summed E-state index contributed by atoms with van der Waals surface area (Å²) in [6.45, 7) is 4.63. The third kappa shape index (κ3) is 2.93. The number of rotatable bonds is 4. The van der Waals surface area contributed by atoms with Crippen LogP contribution in [0, 0.1) is 0 Å². The molecule has 1 aromatic carbocycles. The Morgan fingerprint density at radius 2 is 2.13 bits per heavy atom. The highest BCUT2D eigenvalue weighted by atomic mass is 79.9. The van der Waals surface area contributed by atoms with Gasteiger partial charge in [-0.2, -0.15) is 0 Å². The summed E-state index contributed by atoms with van der Waals surface area (Å²) >= 11 is 3.52. The van der Waals surface area contributed by atoms with Gasteiger partial charge in [0, 0.05) is 16.6 Å². The van der Waals surface area contributed by atoms with Gasteiger partial charge in [-0.3, -0.25) is 0 Å². The summed E-state index contributed by atoms with van der Waals surface area (Å²) in [6, 6.07) is 3.97. The normalized spacial score (nSPS) is 10.8.